The molecule has 0 rings (SSSR count). The maximum Gasteiger partial charge on any atom is 0.0819 e. The molecule has 0 radical (unpaired) electrons. The summed E-state index contributed by atoms with van der Waals surface area (Å²) in [4.78, 5) is 0. The average molecular weight is 118 g/mol. The van der Waals surface area contributed by atoms with Crippen LogP contribution < -0.4 is 0 Å². The Bertz CT molecular complexity index is 63.4. The van der Waals surface area contributed by atoms with E-state index in [1.165, 1.54) is 0 Å². The predicted octanol–water partition coefficient (Wildman–Crippen LogP) is 0.386. The first kappa shape index (κ1) is 7.92. The molecule has 2 N–H and O–H groups in total. The Morgan fingerprint density at radius 1 is 1.38 bits per heavy atom. The zero-order valence-corrected chi connectivity index (χ0v) is 5.68. The molecular weight excluding hydrogens is 104 g/mol. The van der Waals surface area contributed by atoms with Gasteiger partial charge < -0.3 is 10.2 Å². The number of hydrogen-bond donors (Lipinski definition) is 2. The highest BCUT2D eigenvalue weighted by Crippen LogP contribution is 2.17. The third kappa shape index (κ3) is 2.28. The van der Waals surface area contributed by atoms with Crippen LogP contribution in [0.3, 0.4) is 0 Å². The van der Waals surface area contributed by atoms with Crippen LogP contribution in [0, 0.1) is 5.41 Å². The average Bonchev–Trinajstić information content (AvgIpc) is 1.62. The maximum absolute atomic E-state index is 8.94. The molecule has 0 bridgehead atoms. The van der Waals surface area contributed by atoms with Gasteiger partial charge in [0, 0.05) is 0 Å². The van der Waals surface area contributed by atoms with Crippen LogP contribution >= 0.6 is 0 Å². The molecule has 0 fully saturated rings. The third-order valence-corrected chi connectivity index (χ3v) is 1.17. The molecule has 0 heterocycles. The van der Waals surface area contributed by atoms with Gasteiger partial charge in [0.05, 0.1) is 12.7 Å². The number of aliphatic hydroxyl groups excluding tert-OH is 2. The van der Waals surface area contributed by atoms with Crippen LogP contribution in [0.5, 0.6) is 0 Å². The second-order valence-corrected chi connectivity index (χ2v) is 3.06. The van der Waals surface area contributed by atoms with E-state index in [1.807, 2.05) is 20.8 Å². The molecule has 2 nitrogen and oxygen atoms in total. The van der Waals surface area contributed by atoms with Crippen LogP contribution in [0.15, 0.2) is 0 Å². The normalized spacial score (nSPS) is 16.1. The molecule has 50 valence electrons. The van der Waals surface area contributed by atoms with Gasteiger partial charge in [-0.1, -0.05) is 20.8 Å². The molecule has 0 amide bonds. The minimum Gasteiger partial charge on any atom is -0.394 e. The summed E-state index contributed by atoms with van der Waals surface area (Å²) in [5.74, 6) is 0. The van der Waals surface area contributed by atoms with Crippen LogP contribution in [0.25, 0.3) is 0 Å². The van der Waals surface area contributed by atoms with Crippen molar-refractivity contribution < 1.29 is 10.2 Å². The monoisotopic (exact) mass is 118 g/mol. The van der Waals surface area contributed by atoms with Crippen molar-refractivity contribution in [3.05, 3.63) is 0 Å². The molecule has 8 heavy (non-hydrogen) atoms. The Labute approximate surface area is 50.2 Å². The summed E-state index contributed by atoms with van der Waals surface area (Å²) >= 11 is 0. The highest BCUT2D eigenvalue weighted by Gasteiger charge is 2.20. The molecule has 0 aliphatic rings. The number of hydrogen-bond acceptors (Lipinski definition) is 2. The van der Waals surface area contributed by atoms with Crippen molar-refractivity contribution in [3.63, 3.8) is 0 Å². The third-order valence-electron chi connectivity index (χ3n) is 1.17. The van der Waals surface area contributed by atoms with Crippen molar-refractivity contribution in [2.45, 2.75) is 26.9 Å². The molecule has 1 atom stereocenters. The van der Waals surface area contributed by atoms with Gasteiger partial charge in [-0.25, -0.2) is 0 Å². The highest BCUT2D eigenvalue weighted by atomic mass is 16.3. The summed E-state index contributed by atoms with van der Waals surface area (Å²) in [6.07, 6.45) is -0.595. The molecular formula is C6H14O2. The van der Waals surface area contributed by atoms with Crippen LogP contribution in [-0.2, 0) is 0 Å². The zero-order valence-electron chi connectivity index (χ0n) is 5.68. The van der Waals surface area contributed by atoms with E-state index < -0.39 is 6.10 Å². The quantitative estimate of drug-likeness (QED) is 0.522. The fourth-order valence-electron chi connectivity index (χ4n) is 0.274. The van der Waals surface area contributed by atoms with Gasteiger partial charge in [-0.15, -0.1) is 0 Å². The van der Waals surface area contributed by atoms with Gasteiger partial charge in [-0.3, -0.25) is 0 Å². The first-order chi connectivity index (χ1) is 3.48. The van der Waals surface area contributed by atoms with E-state index in [1.54, 1.807) is 0 Å². The highest BCUT2D eigenvalue weighted by molar-refractivity contribution is 4.70. The molecule has 0 aliphatic carbocycles. The van der Waals surface area contributed by atoms with Gasteiger partial charge in [0.1, 0.15) is 0 Å². The van der Waals surface area contributed by atoms with Crippen molar-refractivity contribution in [2.75, 3.05) is 6.61 Å². The molecule has 2 heteroatoms. The van der Waals surface area contributed by atoms with Crippen LogP contribution in [0.1, 0.15) is 20.8 Å². The zero-order chi connectivity index (χ0) is 6.78. The van der Waals surface area contributed by atoms with Gasteiger partial charge in [0.2, 0.25) is 0 Å². The first-order valence-electron chi connectivity index (χ1n) is 2.77. The standard InChI is InChI=1S/C6H14O2/c1-6(2,3)5(8)4-7/h5,7-8H,4H2,1-3H3/t5-/m1/s1. The lowest BCUT2D eigenvalue weighted by atomic mass is 9.90. The minimum atomic E-state index is -0.595. The maximum atomic E-state index is 8.94. The summed E-state index contributed by atoms with van der Waals surface area (Å²) < 4.78 is 0. The Hall–Kier alpha value is -0.0800. The van der Waals surface area contributed by atoms with Crippen molar-refractivity contribution >= 4 is 0 Å². The lowest BCUT2D eigenvalue weighted by Gasteiger charge is -2.23. The van der Waals surface area contributed by atoms with Crippen LogP contribution in [0.4, 0.5) is 0 Å². The number of aliphatic hydroxyl groups is 2. The molecule has 0 aliphatic heterocycles. The molecule has 0 spiro atoms. The van der Waals surface area contributed by atoms with Crippen molar-refractivity contribution in [2.24, 2.45) is 5.41 Å². The van der Waals surface area contributed by atoms with Crippen molar-refractivity contribution in [1.82, 2.24) is 0 Å². The smallest absolute Gasteiger partial charge is 0.0819 e. The van der Waals surface area contributed by atoms with E-state index in [0.29, 0.717) is 0 Å². The summed E-state index contributed by atoms with van der Waals surface area (Å²) in [6, 6.07) is 0. The van der Waals surface area contributed by atoms with E-state index in [9.17, 15) is 0 Å². The van der Waals surface area contributed by atoms with Gasteiger partial charge in [-0.05, 0) is 5.41 Å². The molecule has 0 unspecified atom stereocenters. The minimum absolute atomic E-state index is 0.149. The number of rotatable bonds is 1. The van der Waals surface area contributed by atoms with E-state index in [-0.39, 0.29) is 12.0 Å². The van der Waals surface area contributed by atoms with E-state index >= 15 is 0 Å². The Balaban J connectivity index is 3.62. The largest absolute Gasteiger partial charge is 0.394 e. The molecule has 0 saturated carbocycles. The fraction of sp³-hybridized carbons (Fsp3) is 1.00. The Kier molecular flexibility index (Phi) is 2.44. The first-order valence-corrected chi connectivity index (χ1v) is 2.77. The Morgan fingerprint density at radius 3 is 1.75 bits per heavy atom. The molecule has 0 aromatic heterocycles. The van der Waals surface area contributed by atoms with Crippen molar-refractivity contribution in [1.29, 1.82) is 0 Å². The summed E-state index contributed by atoms with van der Waals surface area (Å²) in [5, 5.41) is 17.4. The molecule has 0 saturated heterocycles. The van der Waals surface area contributed by atoms with E-state index in [2.05, 4.69) is 0 Å². The van der Waals surface area contributed by atoms with E-state index in [4.69, 9.17) is 10.2 Å². The second kappa shape index (κ2) is 2.46. The van der Waals surface area contributed by atoms with Gasteiger partial charge in [0.15, 0.2) is 0 Å². The molecule has 0 aromatic rings. The SMILES string of the molecule is CC(C)(C)[C@H](O)CO. The summed E-state index contributed by atoms with van der Waals surface area (Å²) in [6.45, 7) is 5.50. The van der Waals surface area contributed by atoms with Gasteiger partial charge in [0.25, 0.3) is 0 Å². The van der Waals surface area contributed by atoms with Crippen LogP contribution in [-0.4, -0.2) is 22.9 Å². The topological polar surface area (TPSA) is 40.5 Å². The second-order valence-electron chi connectivity index (χ2n) is 3.06. The fourth-order valence-corrected chi connectivity index (χ4v) is 0.274. The summed E-state index contributed by atoms with van der Waals surface area (Å²) in [7, 11) is 0. The molecule has 0 aromatic carbocycles. The van der Waals surface area contributed by atoms with Crippen LogP contribution in [0.2, 0.25) is 0 Å². The Morgan fingerprint density at radius 2 is 1.75 bits per heavy atom. The lowest BCUT2D eigenvalue weighted by molar-refractivity contribution is 0.0133. The van der Waals surface area contributed by atoms with Gasteiger partial charge in [-0.2, -0.15) is 0 Å². The lowest BCUT2D eigenvalue weighted by Crippen LogP contribution is -2.29. The van der Waals surface area contributed by atoms with E-state index in [0.717, 1.165) is 0 Å². The van der Waals surface area contributed by atoms with Gasteiger partial charge >= 0.3 is 0 Å². The predicted molar refractivity (Wildman–Crippen MR) is 32.5 cm³/mol. The van der Waals surface area contributed by atoms with Crippen molar-refractivity contribution in [3.8, 4) is 0 Å². The summed E-state index contributed by atoms with van der Waals surface area (Å²) in [5.41, 5.74) is -0.186.